The molecule has 3 aromatic rings. The van der Waals surface area contributed by atoms with Gasteiger partial charge < -0.3 is 9.57 Å². The van der Waals surface area contributed by atoms with Gasteiger partial charge in [0.2, 0.25) is 0 Å². The molecule has 0 N–H and O–H groups in total. The fraction of sp³-hybridized carbons (Fsp3) is 0.208. The molecule has 0 aromatic heterocycles. The number of likely N-dealkylation sites (N-methyl/N-ethyl adjacent to an activating group) is 1. The molecule has 0 saturated heterocycles. The van der Waals surface area contributed by atoms with Crippen LogP contribution in [0.5, 0.6) is 0 Å². The van der Waals surface area contributed by atoms with Crippen LogP contribution in [0.15, 0.2) is 84.9 Å². The quantitative estimate of drug-likeness (QED) is 0.530. The van der Waals surface area contributed by atoms with E-state index in [-0.39, 0.29) is 12.1 Å². The van der Waals surface area contributed by atoms with E-state index >= 15 is 0 Å². The van der Waals surface area contributed by atoms with Gasteiger partial charge in [0.25, 0.3) is 0 Å². The molecule has 4 nitrogen and oxygen atoms in total. The molecule has 1 unspecified atom stereocenters. The first-order chi connectivity index (χ1) is 13.6. The Morgan fingerprint density at radius 2 is 1.50 bits per heavy atom. The number of benzene rings is 3. The lowest BCUT2D eigenvalue weighted by Gasteiger charge is -2.22. The Labute approximate surface area is 166 Å². The van der Waals surface area contributed by atoms with Crippen molar-refractivity contribution in [1.29, 1.82) is 0 Å². The van der Waals surface area contributed by atoms with Gasteiger partial charge in [0.15, 0.2) is 0 Å². The van der Waals surface area contributed by atoms with Gasteiger partial charge in [0.05, 0.1) is 18.7 Å². The van der Waals surface area contributed by atoms with Crippen LogP contribution >= 0.6 is 0 Å². The Kier molecular flexibility index (Phi) is 6.95. The predicted octanol–water partition coefficient (Wildman–Crippen LogP) is 4.80. The molecule has 0 aliphatic rings. The summed E-state index contributed by atoms with van der Waals surface area (Å²) < 4.78 is 6.22. The fourth-order valence-corrected chi connectivity index (χ4v) is 2.99. The molecule has 0 spiro atoms. The van der Waals surface area contributed by atoms with Crippen LogP contribution in [0.2, 0.25) is 0 Å². The van der Waals surface area contributed by atoms with Gasteiger partial charge in [-0.1, -0.05) is 72.8 Å². The van der Waals surface area contributed by atoms with E-state index in [1.54, 1.807) is 19.2 Å². The Bertz CT molecular complexity index is 881. The highest BCUT2D eigenvalue weighted by Gasteiger charge is 2.17. The van der Waals surface area contributed by atoms with Gasteiger partial charge in [0.1, 0.15) is 6.10 Å². The lowest BCUT2D eigenvalue weighted by molar-refractivity contribution is -0.104. The summed E-state index contributed by atoms with van der Waals surface area (Å²) in [5.74, 6) is -0.374. The van der Waals surface area contributed by atoms with E-state index < -0.39 is 0 Å². The molecular weight excluding hydrogens is 350 g/mol. The van der Waals surface area contributed by atoms with Crippen molar-refractivity contribution < 1.29 is 14.4 Å². The predicted molar refractivity (Wildman–Crippen MR) is 110 cm³/mol. The van der Waals surface area contributed by atoms with E-state index in [0.29, 0.717) is 18.7 Å². The molecule has 0 radical (unpaired) electrons. The average molecular weight is 375 g/mol. The SMILES string of the molecule is Cc1ccccc1C(OCCN(C)OC(=O)c1ccccc1)c1ccccc1. The summed E-state index contributed by atoms with van der Waals surface area (Å²) >= 11 is 0. The third-order valence-corrected chi connectivity index (χ3v) is 4.51. The second-order valence-corrected chi connectivity index (χ2v) is 6.61. The van der Waals surface area contributed by atoms with Crippen LogP contribution < -0.4 is 0 Å². The minimum absolute atomic E-state index is 0.166. The largest absolute Gasteiger partial charge is 0.367 e. The summed E-state index contributed by atoms with van der Waals surface area (Å²) in [7, 11) is 1.73. The number of hydrogen-bond donors (Lipinski definition) is 0. The summed E-state index contributed by atoms with van der Waals surface area (Å²) in [6.45, 7) is 2.97. The van der Waals surface area contributed by atoms with Gasteiger partial charge in [-0.3, -0.25) is 0 Å². The van der Waals surface area contributed by atoms with Crippen molar-refractivity contribution in [2.75, 3.05) is 20.2 Å². The molecule has 28 heavy (non-hydrogen) atoms. The summed E-state index contributed by atoms with van der Waals surface area (Å²) in [6, 6.07) is 27.3. The Hall–Kier alpha value is -2.95. The third-order valence-electron chi connectivity index (χ3n) is 4.51. The maximum absolute atomic E-state index is 12.1. The van der Waals surface area contributed by atoms with Crippen molar-refractivity contribution in [1.82, 2.24) is 5.06 Å². The monoisotopic (exact) mass is 375 g/mol. The number of ether oxygens (including phenoxy) is 1. The lowest BCUT2D eigenvalue weighted by atomic mass is 9.97. The molecule has 0 aliphatic heterocycles. The van der Waals surface area contributed by atoms with Crippen LogP contribution in [0.25, 0.3) is 0 Å². The maximum atomic E-state index is 12.1. The number of hydrogen-bond acceptors (Lipinski definition) is 4. The molecule has 144 valence electrons. The number of nitrogens with zero attached hydrogens (tertiary/aromatic N) is 1. The van der Waals surface area contributed by atoms with E-state index in [1.807, 2.05) is 48.5 Å². The van der Waals surface area contributed by atoms with Crippen LogP contribution in [0, 0.1) is 6.92 Å². The number of rotatable bonds is 8. The van der Waals surface area contributed by atoms with Crippen molar-refractivity contribution in [3.8, 4) is 0 Å². The number of carbonyl (C=O) groups is 1. The van der Waals surface area contributed by atoms with Gasteiger partial charge >= 0.3 is 5.97 Å². The van der Waals surface area contributed by atoms with Crippen LogP contribution in [0.4, 0.5) is 0 Å². The minimum Gasteiger partial charge on any atom is -0.367 e. The summed E-state index contributed by atoms with van der Waals surface area (Å²) in [5.41, 5.74) is 3.94. The molecule has 4 heteroatoms. The first-order valence-electron chi connectivity index (χ1n) is 9.35. The van der Waals surface area contributed by atoms with Gasteiger partial charge in [0, 0.05) is 7.05 Å². The molecule has 0 amide bonds. The Balaban J connectivity index is 1.61. The molecule has 0 saturated carbocycles. The normalized spacial score (nSPS) is 12.0. The van der Waals surface area contributed by atoms with Gasteiger partial charge in [-0.05, 0) is 35.7 Å². The fourth-order valence-electron chi connectivity index (χ4n) is 2.99. The second-order valence-electron chi connectivity index (χ2n) is 6.61. The van der Waals surface area contributed by atoms with Crippen molar-refractivity contribution in [3.05, 3.63) is 107 Å². The zero-order valence-electron chi connectivity index (χ0n) is 16.2. The van der Waals surface area contributed by atoms with E-state index in [1.165, 1.54) is 10.6 Å². The van der Waals surface area contributed by atoms with Crippen LogP contribution in [-0.4, -0.2) is 31.2 Å². The molecule has 0 aliphatic carbocycles. The Morgan fingerprint density at radius 1 is 0.893 bits per heavy atom. The van der Waals surface area contributed by atoms with Crippen molar-refractivity contribution in [2.24, 2.45) is 0 Å². The number of aryl methyl sites for hydroxylation is 1. The zero-order chi connectivity index (χ0) is 19.8. The van der Waals surface area contributed by atoms with Gasteiger partial charge in [-0.25, -0.2) is 4.79 Å². The third kappa shape index (κ3) is 5.28. The highest BCUT2D eigenvalue weighted by molar-refractivity contribution is 5.89. The lowest BCUT2D eigenvalue weighted by Crippen LogP contribution is -2.27. The van der Waals surface area contributed by atoms with Gasteiger partial charge in [-0.2, -0.15) is 0 Å². The van der Waals surface area contributed by atoms with Crippen molar-refractivity contribution in [3.63, 3.8) is 0 Å². The van der Waals surface area contributed by atoms with E-state index in [0.717, 1.165) is 11.1 Å². The van der Waals surface area contributed by atoms with Crippen LogP contribution in [0.3, 0.4) is 0 Å². The highest BCUT2D eigenvalue weighted by atomic mass is 16.7. The standard InChI is InChI=1S/C24H25NO3/c1-19-11-9-10-16-22(19)23(20-12-5-3-6-13-20)27-18-17-25(2)28-24(26)21-14-7-4-8-15-21/h3-16,23H,17-18H2,1-2H3. The molecule has 0 fully saturated rings. The van der Waals surface area contributed by atoms with E-state index in [2.05, 4.69) is 31.2 Å². The molecule has 1 atom stereocenters. The summed E-state index contributed by atoms with van der Waals surface area (Å²) in [5, 5.41) is 1.51. The minimum atomic E-state index is -0.374. The maximum Gasteiger partial charge on any atom is 0.357 e. The van der Waals surface area contributed by atoms with E-state index in [9.17, 15) is 4.79 Å². The smallest absolute Gasteiger partial charge is 0.357 e. The van der Waals surface area contributed by atoms with Crippen molar-refractivity contribution in [2.45, 2.75) is 13.0 Å². The average Bonchev–Trinajstić information content (AvgIpc) is 2.73. The summed E-state index contributed by atoms with van der Waals surface area (Å²) in [4.78, 5) is 17.5. The van der Waals surface area contributed by atoms with E-state index in [4.69, 9.17) is 9.57 Å². The molecule has 0 bridgehead atoms. The van der Waals surface area contributed by atoms with Crippen molar-refractivity contribution >= 4 is 5.97 Å². The number of carbonyl (C=O) groups excluding carboxylic acids is 1. The van der Waals surface area contributed by atoms with Crippen LogP contribution in [0.1, 0.15) is 33.2 Å². The second kappa shape index (κ2) is 9.83. The first kappa shape index (κ1) is 19.8. The van der Waals surface area contributed by atoms with Gasteiger partial charge in [-0.15, -0.1) is 5.06 Å². The topological polar surface area (TPSA) is 38.8 Å². The zero-order valence-corrected chi connectivity index (χ0v) is 16.2. The summed E-state index contributed by atoms with van der Waals surface area (Å²) in [6.07, 6.45) is -0.166. The molecular formula is C24H25NO3. The van der Waals surface area contributed by atoms with Crippen LogP contribution in [-0.2, 0) is 9.57 Å². The molecule has 3 aromatic carbocycles. The highest BCUT2D eigenvalue weighted by Crippen LogP contribution is 2.28. The number of hydroxylamine groups is 2. The molecule has 3 rings (SSSR count). The Morgan fingerprint density at radius 3 is 2.18 bits per heavy atom. The molecule has 0 heterocycles. The first-order valence-corrected chi connectivity index (χ1v) is 9.35.